The molecule has 2 rings (SSSR count). The average Bonchev–Trinajstić information content (AvgIpc) is 2.61. The van der Waals surface area contributed by atoms with Crippen molar-refractivity contribution in [1.82, 2.24) is 5.32 Å². The van der Waals surface area contributed by atoms with Crippen LogP contribution in [0.25, 0.3) is 0 Å². The van der Waals surface area contributed by atoms with Crippen molar-refractivity contribution in [2.75, 3.05) is 25.1 Å². The Kier molecular flexibility index (Phi) is 7.31. The van der Waals surface area contributed by atoms with Gasteiger partial charge >= 0.3 is 6.09 Å². The molecule has 0 aliphatic heterocycles. The molecule has 0 aromatic heterocycles. The first-order valence-corrected chi connectivity index (χ1v) is 8.14. The Balaban J connectivity index is 1.73. The molecule has 25 heavy (non-hydrogen) atoms. The Hall–Kier alpha value is -3.02. The van der Waals surface area contributed by atoms with Crippen LogP contribution in [0.1, 0.15) is 12.5 Å². The molecule has 0 spiro atoms. The van der Waals surface area contributed by atoms with E-state index >= 15 is 0 Å². The summed E-state index contributed by atoms with van der Waals surface area (Å²) < 4.78 is 10.3. The van der Waals surface area contributed by atoms with Crippen LogP contribution in [0.3, 0.4) is 0 Å². The maximum Gasteiger partial charge on any atom is 0.411 e. The molecule has 0 aliphatic rings. The number of carbonyl (C=O) groups excluding carboxylic acids is 2. The molecular formula is C19H22N2O4. The number of ether oxygens (including phenoxy) is 2. The van der Waals surface area contributed by atoms with Crippen LogP contribution in [0.4, 0.5) is 10.5 Å². The number of carbonyl (C=O) groups is 2. The lowest BCUT2D eigenvalue weighted by Crippen LogP contribution is -2.30. The van der Waals surface area contributed by atoms with E-state index in [0.29, 0.717) is 24.6 Å². The van der Waals surface area contributed by atoms with Crippen LogP contribution in [0.5, 0.6) is 5.75 Å². The molecule has 6 nitrogen and oxygen atoms in total. The van der Waals surface area contributed by atoms with Crippen molar-refractivity contribution < 1.29 is 19.1 Å². The Morgan fingerprint density at radius 3 is 2.60 bits per heavy atom. The first kappa shape index (κ1) is 18.3. The summed E-state index contributed by atoms with van der Waals surface area (Å²) in [5, 5.41) is 5.39. The summed E-state index contributed by atoms with van der Waals surface area (Å²) in [5.74, 6) is 0.298. The number of hydrogen-bond acceptors (Lipinski definition) is 4. The van der Waals surface area contributed by atoms with E-state index in [-0.39, 0.29) is 12.5 Å². The van der Waals surface area contributed by atoms with Gasteiger partial charge in [0.05, 0.1) is 6.61 Å². The molecule has 0 aliphatic carbocycles. The summed E-state index contributed by atoms with van der Waals surface area (Å²) in [7, 11) is 0. The molecule has 2 amide bonds. The number of benzene rings is 2. The van der Waals surface area contributed by atoms with Gasteiger partial charge in [0, 0.05) is 18.3 Å². The van der Waals surface area contributed by atoms with Crippen molar-refractivity contribution >= 4 is 17.7 Å². The Morgan fingerprint density at radius 2 is 1.84 bits per heavy atom. The van der Waals surface area contributed by atoms with Crippen LogP contribution in [0.2, 0.25) is 0 Å². The number of hydrogen-bond donors (Lipinski definition) is 2. The van der Waals surface area contributed by atoms with Crippen LogP contribution in [-0.4, -0.2) is 31.8 Å². The van der Waals surface area contributed by atoms with Crippen molar-refractivity contribution in [1.29, 1.82) is 0 Å². The third kappa shape index (κ3) is 6.95. The molecule has 2 aromatic rings. The zero-order valence-corrected chi connectivity index (χ0v) is 14.2. The van der Waals surface area contributed by atoms with Crippen LogP contribution in [-0.2, 0) is 16.0 Å². The summed E-state index contributed by atoms with van der Waals surface area (Å²) in [6.45, 7) is 2.50. The minimum absolute atomic E-state index is 0.0857. The molecule has 0 heterocycles. The van der Waals surface area contributed by atoms with Gasteiger partial charge in [0.1, 0.15) is 5.75 Å². The molecule has 0 saturated heterocycles. The SMILES string of the molecule is CCOC(=O)Nc1cccc(OCC(=O)NCCc2ccccc2)c1. The molecule has 0 unspecified atom stereocenters. The van der Waals surface area contributed by atoms with Gasteiger partial charge in [0.2, 0.25) is 0 Å². The smallest absolute Gasteiger partial charge is 0.411 e. The summed E-state index contributed by atoms with van der Waals surface area (Å²) in [6, 6.07) is 16.7. The van der Waals surface area contributed by atoms with Gasteiger partial charge in [-0.25, -0.2) is 4.79 Å². The van der Waals surface area contributed by atoms with Crippen molar-refractivity contribution in [3.05, 3.63) is 60.2 Å². The third-order valence-corrected chi connectivity index (χ3v) is 3.30. The minimum Gasteiger partial charge on any atom is -0.484 e. The summed E-state index contributed by atoms with van der Waals surface area (Å²) in [6.07, 6.45) is 0.240. The van der Waals surface area contributed by atoms with Gasteiger partial charge in [-0.2, -0.15) is 0 Å². The maximum absolute atomic E-state index is 11.8. The monoisotopic (exact) mass is 342 g/mol. The number of nitrogens with one attached hydrogen (secondary N) is 2. The molecule has 0 radical (unpaired) electrons. The lowest BCUT2D eigenvalue weighted by atomic mass is 10.1. The van der Waals surface area contributed by atoms with Crippen LogP contribution < -0.4 is 15.4 Å². The highest BCUT2D eigenvalue weighted by molar-refractivity contribution is 5.84. The fraction of sp³-hybridized carbons (Fsp3) is 0.263. The molecule has 6 heteroatoms. The zero-order valence-electron chi connectivity index (χ0n) is 14.2. The fourth-order valence-corrected chi connectivity index (χ4v) is 2.14. The van der Waals surface area contributed by atoms with Crippen molar-refractivity contribution in [3.63, 3.8) is 0 Å². The second-order valence-electron chi connectivity index (χ2n) is 5.25. The lowest BCUT2D eigenvalue weighted by molar-refractivity contribution is -0.123. The molecule has 132 valence electrons. The topological polar surface area (TPSA) is 76.7 Å². The predicted octanol–water partition coefficient (Wildman–Crippen LogP) is 2.99. The highest BCUT2D eigenvalue weighted by Gasteiger charge is 2.05. The van der Waals surface area contributed by atoms with Gasteiger partial charge in [-0.05, 0) is 31.0 Å². The molecule has 0 fully saturated rings. The quantitative estimate of drug-likeness (QED) is 0.773. The minimum atomic E-state index is -0.529. The molecule has 0 saturated carbocycles. The highest BCUT2D eigenvalue weighted by atomic mass is 16.5. The van der Waals surface area contributed by atoms with E-state index in [1.807, 2.05) is 30.3 Å². The predicted molar refractivity (Wildman–Crippen MR) is 95.7 cm³/mol. The number of anilines is 1. The van der Waals surface area contributed by atoms with Crippen molar-refractivity contribution in [2.45, 2.75) is 13.3 Å². The standard InChI is InChI=1S/C19H22N2O4/c1-2-24-19(23)21-16-9-6-10-17(13-16)25-14-18(22)20-12-11-15-7-4-3-5-8-15/h3-10,13H,2,11-12,14H2,1H3,(H,20,22)(H,21,23). The van der Waals surface area contributed by atoms with Gasteiger partial charge in [-0.15, -0.1) is 0 Å². The van der Waals surface area contributed by atoms with E-state index < -0.39 is 6.09 Å². The van der Waals surface area contributed by atoms with E-state index in [9.17, 15) is 9.59 Å². The second-order valence-corrected chi connectivity index (χ2v) is 5.25. The zero-order chi connectivity index (χ0) is 17.9. The first-order valence-electron chi connectivity index (χ1n) is 8.14. The van der Waals surface area contributed by atoms with Gasteiger partial charge in [-0.1, -0.05) is 36.4 Å². The van der Waals surface area contributed by atoms with Gasteiger partial charge in [-0.3, -0.25) is 10.1 Å². The van der Waals surface area contributed by atoms with E-state index in [1.54, 1.807) is 31.2 Å². The van der Waals surface area contributed by atoms with Crippen LogP contribution in [0, 0.1) is 0 Å². The van der Waals surface area contributed by atoms with Crippen molar-refractivity contribution in [3.8, 4) is 5.75 Å². The van der Waals surface area contributed by atoms with E-state index in [1.165, 1.54) is 5.56 Å². The van der Waals surface area contributed by atoms with Crippen molar-refractivity contribution in [2.24, 2.45) is 0 Å². The molecule has 0 atom stereocenters. The molecular weight excluding hydrogens is 320 g/mol. The van der Waals surface area contributed by atoms with E-state index in [2.05, 4.69) is 10.6 Å². The maximum atomic E-state index is 11.8. The highest BCUT2D eigenvalue weighted by Crippen LogP contribution is 2.17. The summed E-state index contributed by atoms with van der Waals surface area (Å²) >= 11 is 0. The fourth-order valence-electron chi connectivity index (χ4n) is 2.14. The van der Waals surface area contributed by atoms with E-state index in [0.717, 1.165) is 6.42 Å². The normalized spacial score (nSPS) is 9.96. The van der Waals surface area contributed by atoms with Crippen LogP contribution >= 0.6 is 0 Å². The summed E-state index contributed by atoms with van der Waals surface area (Å²) in [5.41, 5.74) is 1.71. The summed E-state index contributed by atoms with van der Waals surface area (Å²) in [4.78, 5) is 23.2. The van der Waals surface area contributed by atoms with Gasteiger partial charge < -0.3 is 14.8 Å². The van der Waals surface area contributed by atoms with Gasteiger partial charge in [0.15, 0.2) is 6.61 Å². The average molecular weight is 342 g/mol. The number of amides is 2. The molecule has 2 N–H and O–H groups in total. The molecule has 0 bridgehead atoms. The largest absolute Gasteiger partial charge is 0.484 e. The Morgan fingerprint density at radius 1 is 1.04 bits per heavy atom. The molecule has 2 aromatic carbocycles. The third-order valence-electron chi connectivity index (χ3n) is 3.30. The number of rotatable bonds is 8. The van der Waals surface area contributed by atoms with E-state index in [4.69, 9.17) is 9.47 Å². The lowest BCUT2D eigenvalue weighted by Gasteiger charge is -2.09. The van der Waals surface area contributed by atoms with Crippen LogP contribution in [0.15, 0.2) is 54.6 Å². The van der Waals surface area contributed by atoms with Gasteiger partial charge in [0.25, 0.3) is 5.91 Å². The Labute approximate surface area is 147 Å². The second kappa shape index (κ2) is 9.97. The Bertz CT molecular complexity index is 689. The first-order chi connectivity index (χ1) is 12.2.